The molecule has 1 atom stereocenters. The van der Waals surface area contributed by atoms with E-state index in [9.17, 15) is 14.7 Å². The number of fused-ring (bicyclic) bond motifs is 1. The number of anilines is 2. The molecule has 10 heteroatoms. The minimum atomic E-state index is -0.990. The highest BCUT2D eigenvalue weighted by atomic mass is 16.5. The zero-order valence-corrected chi connectivity index (χ0v) is 19.1. The fourth-order valence-electron chi connectivity index (χ4n) is 4.06. The lowest BCUT2D eigenvalue weighted by Gasteiger charge is -2.22. The van der Waals surface area contributed by atoms with Crippen molar-refractivity contribution in [3.05, 3.63) is 40.4 Å². The van der Waals surface area contributed by atoms with Crippen molar-refractivity contribution < 1.29 is 19.4 Å². The second-order valence-corrected chi connectivity index (χ2v) is 8.29. The summed E-state index contributed by atoms with van der Waals surface area (Å²) in [5, 5.41) is 12.6. The van der Waals surface area contributed by atoms with Crippen LogP contribution in [0.3, 0.4) is 0 Å². The third-order valence-electron chi connectivity index (χ3n) is 5.95. The number of carboxylic acid groups (broad SMARTS) is 1. The van der Waals surface area contributed by atoms with Crippen LogP contribution in [0, 0.1) is 6.92 Å². The van der Waals surface area contributed by atoms with Crippen LogP contribution < -0.4 is 15.7 Å². The molecule has 1 unspecified atom stereocenters. The van der Waals surface area contributed by atoms with E-state index in [0.717, 1.165) is 18.4 Å². The number of carboxylic acids is 1. The zero-order valence-electron chi connectivity index (χ0n) is 19.1. The van der Waals surface area contributed by atoms with Crippen LogP contribution >= 0.6 is 0 Å². The molecule has 33 heavy (non-hydrogen) atoms. The second kappa shape index (κ2) is 9.62. The summed E-state index contributed by atoms with van der Waals surface area (Å²) < 4.78 is 14.4. The van der Waals surface area contributed by atoms with Gasteiger partial charge in [0.25, 0.3) is 0 Å². The summed E-state index contributed by atoms with van der Waals surface area (Å²) in [6.45, 7) is 5.07. The number of aryl methyl sites for hydroxylation is 2. The number of rotatable bonds is 8. The van der Waals surface area contributed by atoms with Crippen LogP contribution in [-0.2, 0) is 16.6 Å². The zero-order chi connectivity index (χ0) is 23.5. The van der Waals surface area contributed by atoms with E-state index >= 15 is 0 Å². The van der Waals surface area contributed by atoms with Crippen LogP contribution in [0.5, 0.6) is 5.75 Å². The van der Waals surface area contributed by atoms with Gasteiger partial charge in [-0.3, -0.25) is 9.13 Å². The number of nitrogens with zero attached hydrogens (tertiary/aromatic N) is 4. The molecule has 1 aliphatic rings. The number of carbonyl (C=O) groups is 1. The molecule has 0 amide bonds. The molecule has 0 spiro atoms. The maximum atomic E-state index is 12.9. The Morgan fingerprint density at radius 3 is 2.82 bits per heavy atom. The minimum Gasteiger partial charge on any atom is -0.479 e. The van der Waals surface area contributed by atoms with Crippen LogP contribution in [0.25, 0.3) is 11.2 Å². The van der Waals surface area contributed by atoms with Crippen molar-refractivity contribution in [3.63, 3.8) is 0 Å². The van der Waals surface area contributed by atoms with Gasteiger partial charge in [0.2, 0.25) is 5.95 Å². The first-order chi connectivity index (χ1) is 15.9. The topological polar surface area (TPSA) is 121 Å². The molecule has 3 aromatic rings. The number of hydrogen-bond donors (Lipinski definition) is 2. The highest BCUT2D eigenvalue weighted by Crippen LogP contribution is 2.27. The van der Waals surface area contributed by atoms with Gasteiger partial charge in [-0.15, -0.1) is 0 Å². The first-order valence-corrected chi connectivity index (χ1v) is 11.2. The summed E-state index contributed by atoms with van der Waals surface area (Å²) in [6, 6.07) is 5.37. The monoisotopic (exact) mass is 455 g/mol. The van der Waals surface area contributed by atoms with Gasteiger partial charge >= 0.3 is 11.7 Å². The van der Waals surface area contributed by atoms with Gasteiger partial charge in [0.1, 0.15) is 11.3 Å². The maximum Gasteiger partial charge on any atom is 0.344 e. The van der Waals surface area contributed by atoms with Gasteiger partial charge in [0.05, 0.1) is 6.20 Å². The smallest absolute Gasteiger partial charge is 0.344 e. The fourth-order valence-corrected chi connectivity index (χ4v) is 4.06. The molecule has 1 aliphatic heterocycles. The molecule has 1 saturated heterocycles. The predicted octanol–water partition coefficient (Wildman–Crippen LogP) is 3.17. The molecule has 0 saturated carbocycles. The van der Waals surface area contributed by atoms with E-state index in [1.54, 1.807) is 34.5 Å². The van der Waals surface area contributed by atoms with Crippen LogP contribution in [0.1, 0.15) is 44.2 Å². The van der Waals surface area contributed by atoms with E-state index in [-0.39, 0.29) is 11.7 Å². The third-order valence-corrected chi connectivity index (χ3v) is 5.95. The van der Waals surface area contributed by atoms with Crippen molar-refractivity contribution in [1.29, 1.82) is 0 Å². The first kappa shape index (κ1) is 22.8. The summed E-state index contributed by atoms with van der Waals surface area (Å²) in [4.78, 5) is 33.4. The number of benzene rings is 1. The van der Waals surface area contributed by atoms with E-state index in [2.05, 4.69) is 15.3 Å². The summed E-state index contributed by atoms with van der Waals surface area (Å²) in [7, 11) is 1.72. The first-order valence-electron chi connectivity index (χ1n) is 11.2. The van der Waals surface area contributed by atoms with Crippen LogP contribution in [0.2, 0.25) is 0 Å². The van der Waals surface area contributed by atoms with Crippen LogP contribution in [-0.4, -0.2) is 49.5 Å². The van der Waals surface area contributed by atoms with Gasteiger partial charge in [-0.1, -0.05) is 19.4 Å². The van der Waals surface area contributed by atoms with Gasteiger partial charge < -0.3 is 19.9 Å². The van der Waals surface area contributed by atoms with Crippen molar-refractivity contribution in [2.45, 2.75) is 51.7 Å². The van der Waals surface area contributed by atoms with Crippen molar-refractivity contribution in [1.82, 2.24) is 19.1 Å². The lowest BCUT2D eigenvalue weighted by Crippen LogP contribution is -2.30. The van der Waals surface area contributed by atoms with Gasteiger partial charge in [0, 0.05) is 38.1 Å². The normalized spacial score (nSPS) is 15.5. The number of nitrogens with one attached hydrogen (secondary N) is 1. The Labute approximate surface area is 191 Å². The Balaban J connectivity index is 1.65. The standard InChI is InChI=1S/C23H29N5O5/c1-4-5-19(21(29)30)33-16-7-6-14(2)17(12-16)25-22-24-13-18-20(26-22)28(23(31)27(18)3)15-8-10-32-11-9-15/h6-7,12-13,15,19H,4-5,8-11H2,1-3H3,(H,29,30)(H,24,25,26). The summed E-state index contributed by atoms with van der Waals surface area (Å²) >= 11 is 0. The molecule has 2 N–H and O–H groups in total. The van der Waals surface area contributed by atoms with Gasteiger partial charge in [-0.05, 0) is 37.8 Å². The minimum absolute atomic E-state index is 0.0303. The van der Waals surface area contributed by atoms with Gasteiger partial charge in [-0.2, -0.15) is 4.98 Å². The number of aliphatic carboxylic acids is 1. The van der Waals surface area contributed by atoms with Crippen molar-refractivity contribution in [2.75, 3.05) is 18.5 Å². The second-order valence-electron chi connectivity index (χ2n) is 8.29. The molecule has 2 aromatic heterocycles. The highest BCUT2D eigenvalue weighted by molar-refractivity contribution is 5.74. The number of hydrogen-bond acceptors (Lipinski definition) is 7. The van der Waals surface area contributed by atoms with Crippen molar-refractivity contribution >= 4 is 28.8 Å². The molecule has 10 nitrogen and oxygen atoms in total. The Bertz CT molecular complexity index is 1210. The summed E-state index contributed by atoms with van der Waals surface area (Å²) in [5.41, 5.74) is 2.73. The molecule has 3 heterocycles. The molecule has 176 valence electrons. The Morgan fingerprint density at radius 1 is 1.36 bits per heavy atom. The molecule has 4 rings (SSSR count). The van der Waals surface area contributed by atoms with E-state index in [4.69, 9.17) is 9.47 Å². The van der Waals surface area contributed by atoms with Crippen LogP contribution in [0.4, 0.5) is 11.6 Å². The maximum absolute atomic E-state index is 12.9. The lowest BCUT2D eigenvalue weighted by atomic mass is 10.1. The fraction of sp³-hybridized carbons (Fsp3) is 0.478. The van der Waals surface area contributed by atoms with Gasteiger partial charge in [0.15, 0.2) is 11.8 Å². The van der Waals surface area contributed by atoms with E-state index in [1.807, 2.05) is 19.9 Å². The third kappa shape index (κ3) is 4.70. The van der Waals surface area contributed by atoms with Crippen molar-refractivity contribution in [2.24, 2.45) is 7.05 Å². The average Bonchev–Trinajstić information content (AvgIpc) is 3.05. The molecule has 1 fully saturated rings. The van der Waals surface area contributed by atoms with Crippen molar-refractivity contribution in [3.8, 4) is 5.75 Å². The number of aromatic nitrogens is 4. The van der Waals surface area contributed by atoms with Gasteiger partial charge in [-0.25, -0.2) is 14.6 Å². The summed E-state index contributed by atoms with van der Waals surface area (Å²) in [5.74, 6) is -0.197. The Kier molecular flexibility index (Phi) is 6.64. The predicted molar refractivity (Wildman–Crippen MR) is 123 cm³/mol. The Morgan fingerprint density at radius 2 is 2.12 bits per heavy atom. The molecule has 0 radical (unpaired) electrons. The Hall–Kier alpha value is -3.40. The average molecular weight is 456 g/mol. The molecule has 0 aliphatic carbocycles. The number of ether oxygens (including phenoxy) is 2. The quantitative estimate of drug-likeness (QED) is 0.531. The SMILES string of the molecule is CCCC(Oc1ccc(C)c(Nc2ncc3c(n2)n(C2CCOCC2)c(=O)n3C)c1)C(=O)O. The summed E-state index contributed by atoms with van der Waals surface area (Å²) in [6.07, 6.45) is 3.37. The largest absolute Gasteiger partial charge is 0.479 e. The van der Waals surface area contributed by atoms with E-state index in [0.29, 0.717) is 54.6 Å². The molecular formula is C23H29N5O5. The highest BCUT2D eigenvalue weighted by Gasteiger charge is 2.23. The number of imidazole rings is 1. The molecule has 0 bridgehead atoms. The van der Waals surface area contributed by atoms with E-state index in [1.165, 1.54) is 0 Å². The van der Waals surface area contributed by atoms with E-state index < -0.39 is 12.1 Å². The lowest BCUT2D eigenvalue weighted by molar-refractivity contribution is -0.145. The molecular weight excluding hydrogens is 426 g/mol. The van der Waals surface area contributed by atoms with Crippen LogP contribution in [0.15, 0.2) is 29.2 Å². The molecule has 1 aromatic carbocycles.